The molecular formula is C4H5N5O. The highest BCUT2D eigenvalue weighted by molar-refractivity contribution is 6.67. The Bertz CT molecular complexity index is 252. The van der Waals surface area contributed by atoms with Gasteiger partial charge in [-0.15, -0.1) is 0 Å². The number of rotatable bonds is 0. The van der Waals surface area contributed by atoms with Crippen molar-refractivity contribution < 1.29 is 4.79 Å². The van der Waals surface area contributed by atoms with Gasteiger partial charge in [0, 0.05) is 0 Å². The minimum absolute atomic E-state index is 0.133. The summed E-state index contributed by atoms with van der Waals surface area (Å²) in [5, 5.41) is 15.9. The largest absolute Gasteiger partial charge is 0.369 e. The van der Waals surface area contributed by atoms with E-state index in [2.05, 4.69) is 10.3 Å². The Morgan fingerprint density at radius 3 is 2.60 bits per heavy atom. The van der Waals surface area contributed by atoms with Crippen molar-refractivity contribution in [3.63, 3.8) is 0 Å². The molecule has 1 aliphatic heterocycles. The lowest BCUT2D eigenvalue weighted by Crippen LogP contribution is -2.47. The Hall–Kier alpha value is -1.72. The Labute approximate surface area is 56.1 Å². The van der Waals surface area contributed by atoms with Gasteiger partial charge in [-0.3, -0.25) is 20.9 Å². The van der Waals surface area contributed by atoms with Gasteiger partial charge in [-0.1, -0.05) is 0 Å². The van der Waals surface area contributed by atoms with E-state index in [0.717, 1.165) is 0 Å². The molecule has 0 radical (unpaired) electrons. The van der Waals surface area contributed by atoms with Crippen molar-refractivity contribution in [3.05, 3.63) is 0 Å². The van der Waals surface area contributed by atoms with Crippen molar-refractivity contribution >= 4 is 23.4 Å². The summed E-state index contributed by atoms with van der Waals surface area (Å²) in [5.41, 5.74) is 4.59. The molecule has 52 valence electrons. The second kappa shape index (κ2) is 1.90. The first kappa shape index (κ1) is 6.40. The van der Waals surface area contributed by atoms with Gasteiger partial charge >= 0.3 is 0 Å². The topological polar surface area (TPSA) is 115 Å². The Kier molecular flexibility index (Phi) is 1.22. The van der Waals surface area contributed by atoms with Gasteiger partial charge in [0.2, 0.25) is 5.96 Å². The lowest BCUT2D eigenvalue weighted by Gasteiger charge is -2.09. The number of carbonyl (C=O) groups excluding carboxylic acids is 1. The third-order valence-corrected chi connectivity index (χ3v) is 0.938. The summed E-state index contributed by atoms with van der Waals surface area (Å²) in [4.78, 5) is 13.9. The Balaban J connectivity index is 3.01. The molecule has 0 aromatic heterocycles. The van der Waals surface area contributed by atoms with E-state index in [9.17, 15) is 4.79 Å². The molecule has 0 spiro atoms. The molecule has 10 heavy (non-hydrogen) atoms. The fourth-order valence-electron chi connectivity index (χ4n) is 0.491. The number of aliphatic imine (C=N–C) groups is 1. The number of nitrogens with zero attached hydrogens (tertiary/aromatic N) is 1. The van der Waals surface area contributed by atoms with E-state index in [1.54, 1.807) is 0 Å². The molecule has 6 heteroatoms. The van der Waals surface area contributed by atoms with Gasteiger partial charge < -0.3 is 5.73 Å². The van der Waals surface area contributed by atoms with Crippen LogP contribution in [0.1, 0.15) is 0 Å². The Morgan fingerprint density at radius 1 is 1.50 bits per heavy atom. The summed E-state index contributed by atoms with van der Waals surface area (Å²) in [7, 11) is 0. The minimum Gasteiger partial charge on any atom is -0.369 e. The highest BCUT2D eigenvalue weighted by Crippen LogP contribution is 1.87. The summed E-state index contributed by atoms with van der Waals surface area (Å²) < 4.78 is 0. The minimum atomic E-state index is -0.683. The van der Waals surface area contributed by atoms with E-state index >= 15 is 0 Å². The van der Waals surface area contributed by atoms with Crippen molar-refractivity contribution in [2.45, 2.75) is 0 Å². The molecule has 0 aliphatic carbocycles. The maximum absolute atomic E-state index is 10.6. The number of hydrogen-bond donors (Lipinski definition) is 4. The van der Waals surface area contributed by atoms with Crippen LogP contribution >= 0.6 is 0 Å². The van der Waals surface area contributed by atoms with Gasteiger partial charge in [-0.2, -0.15) is 4.99 Å². The summed E-state index contributed by atoms with van der Waals surface area (Å²) in [6.07, 6.45) is 0. The molecule has 0 saturated carbocycles. The molecule has 0 aromatic carbocycles. The zero-order valence-corrected chi connectivity index (χ0v) is 4.93. The first-order chi connectivity index (χ1) is 4.61. The molecule has 1 aliphatic rings. The van der Waals surface area contributed by atoms with Crippen molar-refractivity contribution in [1.29, 1.82) is 10.8 Å². The number of carbonyl (C=O) groups is 1. The molecule has 0 saturated heterocycles. The predicted molar refractivity (Wildman–Crippen MR) is 35.2 cm³/mol. The average Bonchev–Trinajstić information content (AvgIpc) is 1.82. The van der Waals surface area contributed by atoms with E-state index in [0.29, 0.717) is 0 Å². The standard InChI is InChI=1S/C4H5N5O/c5-1-2(6)8-4(7)9-3(1)10/h5H,(H4,6,7,8,9,10). The fraction of sp³-hybridized carbons (Fsp3) is 0. The van der Waals surface area contributed by atoms with Crippen LogP contribution in [0.25, 0.3) is 0 Å². The lowest BCUT2D eigenvalue weighted by molar-refractivity contribution is -0.113. The second-order valence-corrected chi connectivity index (χ2v) is 1.67. The quantitative estimate of drug-likeness (QED) is 0.324. The number of nitrogens with two attached hydrogens (primary N) is 1. The summed E-state index contributed by atoms with van der Waals surface area (Å²) in [5.74, 6) is -1.22. The van der Waals surface area contributed by atoms with Crippen LogP contribution in [0.15, 0.2) is 4.99 Å². The molecular weight excluding hydrogens is 134 g/mol. The van der Waals surface area contributed by atoms with Gasteiger partial charge in [-0.25, -0.2) is 0 Å². The third kappa shape index (κ3) is 0.859. The number of amidine groups is 1. The van der Waals surface area contributed by atoms with E-state index < -0.39 is 17.5 Å². The first-order valence-corrected chi connectivity index (χ1v) is 2.44. The predicted octanol–water partition coefficient (Wildman–Crippen LogP) is -1.57. The zero-order chi connectivity index (χ0) is 7.72. The number of guanidine groups is 1. The van der Waals surface area contributed by atoms with Crippen LogP contribution < -0.4 is 11.1 Å². The van der Waals surface area contributed by atoms with Crippen LogP contribution in [0, 0.1) is 10.8 Å². The smallest absolute Gasteiger partial charge is 0.279 e. The highest BCUT2D eigenvalue weighted by atomic mass is 16.2. The van der Waals surface area contributed by atoms with Gasteiger partial charge in [0.1, 0.15) is 0 Å². The summed E-state index contributed by atoms with van der Waals surface area (Å²) in [6.45, 7) is 0. The van der Waals surface area contributed by atoms with E-state index in [1.807, 2.05) is 0 Å². The van der Waals surface area contributed by atoms with E-state index in [4.69, 9.17) is 16.6 Å². The maximum atomic E-state index is 10.6. The molecule has 0 unspecified atom stereocenters. The van der Waals surface area contributed by atoms with Crippen LogP contribution in [0.2, 0.25) is 0 Å². The van der Waals surface area contributed by atoms with Crippen molar-refractivity contribution in [2.24, 2.45) is 10.7 Å². The zero-order valence-electron chi connectivity index (χ0n) is 4.93. The fourth-order valence-corrected chi connectivity index (χ4v) is 0.491. The molecule has 1 heterocycles. The SMILES string of the molecule is N=C1N=C(N)NC(=O)C1=N. The van der Waals surface area contributed by atoms with Crippen LogP contribution in [0.3, 0.4) is 0 Å². The molecule has 5 N–H and O–H groups in total. The number of nitrogens with one attached hydrogen (secondary N) is 3. The van der Waals surface area contributed by atoms with Gasteiger partial charge in [0.05, 0.1) is 0 Å². The summed E-state index contributed by atoms with van der Waals surface area (Å²) >= 11 is 0. The van der Waals surface area contributed by atoms with E-state index in [-0.39, 0.29) is 5.96 Å². The molecule has 1 amide bonds. The van der Waals surface area contributed by atoms with Gasteiger partial charge in [-0.05, 0) is 0 Å². The first-order valence-electron chi connectivity index (χ1n) is 2.44. The Morgan fingerprint density at radius 2 is 2.10 bits per heavy atom. The molecule has 0 fully saturated rings. The van der Waals surface area contributed by atoms with Crippen molar-refractivity contribution in [2.75, 3.05) is 0 Å². The number of amides is 1. The van der Waals surface area contributed by atoms with Crippen molar-refractivity contribution in [1.82, 2.24) is 5.32 Å². The third-order valence-electron chi connectivity index (χ3n) is 0.938. The van der Waals surface area contributed by atoms with Crippen LogP contribution in [0.4, 0.5) is 0 Å². The van der Waals surface area contributed by atoms with Crippen LogP contribution in [-0.4, -0.2) is 23.4 Å². The molecule has 0 atom stereocenters. The monoisotopic (exact) mass is 139 g/mol. The average molecular weight is 139 g/mol. The van der Waals surface area contributed by atoms with Gasteiger partial charge in [0.15, 0.2) is 11.5 Å². The van der Waals surface area contributed by atoms with Crippen LogP contribution in [-0.2, 0) is 4.79 Å². The number of hydrogen-bond acceptors (Lipinski definition) is 4. The summed E-state index contributed by atoms with van der Waals surface area (Å²) in [6, 6.07) is 0. The van der Waals surface area contributed by atoms with E-state index in [1.165, 1.54) is 0 Å². The molecule has 0 bridgehead atoms. The molecule has 6 nitrogen and oxygen atoms in total. The van der Waals surface area contributed by atoms with Crippen LogP contribution in [0.5, 0.6) is 0 Å². The second-order valence-electron chi connectivity index (χ2n) is 1.67. The molecule has 1 rings (SSSR count). The maximum Gasteiger partial charge on any atom is 0.279 e. The lowest BCUT2D eigenvalue weighted by atomic mass is 10.3. The van der Waals surface area contributed by atoms with Crippen molar-refractivity contribution in [3.8, 4) is 0 Å². The highest BCUT2D eigenvalue weighted by Gasteiger charge is 2.20. The molecule has 0 aromatic rings. The normalized spacial score (nSPS) is 18.4. The van der Waals surface area contributed by atoms with Gasteiger partial charge in [0.25, 0.3) is 5.91 Å².